The number of rotatable bonds is 4. The second-order valence-electron chi connectivity index (χ2n) is 7.06. The number of carbonyl (C=O) groups is 1. The predicted molar refractivity (Wildman–Crippen MR) is 82.2 cm³/mol. The maximum atomic E-state index is 11.4. The summed E-state index contributed by atoms with van der Waals surface area (Å²) >= 11 is 0. The third-order valence-electron chi connectivity index (χ3n) is 5.58. The van der Waals surface area contributed by atoms with Crippen molar-refractivity contribution in [2.45, 2.75) is 56.4 Å². The number of aliphatic hydroxyl groups excluding tert-OH is 5. The number of aliphatic carboxylic acids is 1. The fraction of sp³-hybridized carbons (Fsp3) is 0.812. The molecule has 0 aromatic carbocycles. The van der Waals surface area contributed by atoms with Gasteiger partial charge >= 0.3 is 5.97 Å². The molecule has 1 saturated heterocycles. The van der Waals surface area contributed by atoms with Gasteiger partial charge in [0.05, 0.1) is 24.5 Å². The maximum Gasteiger partial charge on any atom is 0.334 e. The van der Waals surface area contributed by atoms with Gasteiger partial charge in [0.1, 0.15) is 24.4 Å². The molecule has 1 saturated carbocycles. The number of hydrogen-bond acceptors (Lipinski definition) is 9. The monoisotopic (exact) mass is 376 g/mol. The molecule has 148 valence electrons. The van der Waals surface area contributed by atoms with E-state index in [1.807, 2.05) is 0 Å². The molecule has 0 aromatic rings. The van der Waals surface area contributed by atoms with Crippen LogP contribution in [0.1, 0.15) is 13.3 Å². The standard InChI is InChI=1S/C16H24O10/c1-5-8(18)2-6-7(14(22)23)4-24-15(10(5)6)26-16-13(21)12(20)11(19)9(3-17)25-16/h4-6,8-13,15-21H,2-3H2,1H3,(H,22,23)/t5-,6+,8-,9+,10+,11+,12-,13+,15+,16-/m0/s1. The molecule has 10 atom stereocenters. The maximum absolute atomic E-state index is 11.4. The zero-order valence-corrected chi connectivity index (χ0v) is 14.1. The first-order valence-corrected chi connectivity index (χ1v) is 8.49. The van der Waals surface area contributed by atoms with Gasteiger partial charge in [0.15, 0.2) is 6.29 Å². The van der Waals surface area contributed by atoms with E-state index < -0.39 is 67.5 Å². The molecule has 3 aliphatic rings. The van der Waals surface area contributed by atoms with Crippen LogP contribution in [0.15, 0.2) is 11.8 Å². The van der Waals surface area contributed by atoms with Crippen molar-refractivity contribution in [3.8, 4) is 0 Å². The van der Waals surface area contributed by atoms with Crippen molar-refractivity contribution in [1.29, 1.82) is 0 Å². The lowest BCUT2D eigenvalue weighted by atomic mass is 9.83. The lowest BCUT2D eigenvalue weighted by Gasteiger charge is -2.43. The number of fused-ring (bicyclic) bond motifs is 1. The van der Waals surface area contributed by atoms with Gasteiger partial charge in [-0.3, -0.25) is 0 Å². The van der Waals surface area contributed by atoms with E-state index in [-0.39, 0.29) is 17.9 Å². The summed E-state index contributed by atoms with van der Waals surface area (Å²) in [5, 5.41) is 58.5. The Labute approximate surface area is 149 Å². The molecule has 26 heavy (non-hydrogen) atoms. The minimum Gasteiger partial charge on any atom is -0.478 e. The highest BCUT2D eigenvalue weighted by atomic mass is 16.8. The molecule has 6 N–H and O–H groups in total. The van der Waals surface area contributed by atoms with Crippen molar-refractivity contribution in [2.75, 3.05) is 6.61 Å². The van der Waals surface area contributed by atoms with Crippen molar-refractivity contribution in [1.82, 2.24) is 0 Å². The molecular formula is C16H24O10. The van der Waals surface area contributed by atoms with Gasteiger partial charge in [-0.15, -0.1) is 0 Å². The summed E-state index contributed by atoms with van der Waals surface area (Å²) in [5.74, 6) is -2.49. The number of aliphatic hydroxyl groups is 5. The van der Waals surface area contributed by atoms with Crippen LogP contribution < -0.4 is 0 Å². The van der Waals surface area contributed by atoms with Crippen molar-refractivity contribution in [3.63, 3.8) is 0 Å². The average molecular weight is 376 g/mol. The normalized spacial score (nSPS) is 48.5. The summed E-state index contributed by atoms with van der Waals surface area (Å²) in [4.78, 5) is 11.4. The van der Waals surface area contributed by atoms with E-state index in [0.29, 0.717) is 0 Å². The van der Waals surface area contributed by atoms with Crippen LogP contribution in [-0.4, -0.2) is 86.3 Å². The Morgan fingerprint density at radius 3 is 2.50 bits per heavy atom. The first-order chi connectivity index (χ1) is 12.3. The fourth-order valence-electron chi connectivity index (χ4n) is 3.99. The van der Waals surface area contributed by atoms with Crippen LogP contribution in [0.4, 0.5) is 0 Å². The van der Waals surface area contributed by atoms with Crippen LogP contribution in [0.25, 0.3) is 0 Å². The Balaban J connectivity index is 1.79. The second kappa shape index (κ2) is 7.39. The molecule has 0 aromatic heterocycles. The molecular weight excluding hydrogens is 352 g/mol. The number of carboxylic acid groups (broad SMARTS) is 1. The molecule has 3 rings (SSSR count). The van der Waals surface area contributed by atoms with Crippen LogP contribution in [0.2, 0.25) is 0 Å². The Bertz CT molecular complexity index is 563. The highest BCUT2D eigenvalue weighted by Crippen LogP contribution is 2.47. The van der Waals surface area contributed by atoms with Gasteiger partial charge in [0, 0.05) is 11.8 Å². The van der Waals surface area contributed by atoms with Crippen molar-refractivity contribution in [2.24, 2.45) is 17.8 Å². The van der Waals surface area contributed by atoms with E-state index in [9.17, 15) is 35.4 Å². The molecule has 0 bridgehead atoms. The third kappa shape index (κ3) is 3.22. The lowest BCUT2D eigenvalue weighted by Crippen LogP contribution is -2.60. The minimum absolute atomic E-state index is 0.0343. The van der Waals surface area contributed by atoms with Gasteiger partial charge in [-0.2, -0.15) is 0 Å². The van der Waals surface area contributed by atoms with E-state index in [4.69, 9.17) is 14.2 Å². The molecule has 2 aliphatic heterocycles. The molecule has 0 spiro atoms. The van der Waals surface area contributed by atoms with Crippen molar-refractivity contribution < 1.29 is 49.6 Å². The molecule has 0 unspecified atom stereocenters. The van der Waals surface area contributed by atoms with Gasteiger partial charge in [-0.1, -0.05) is 6.92 Å². The minimum atomic E-state index is -1.60. The van der Waals surface area contributed by atoms with Gasteiger partial charge in [-0.05, 0) is 12.3 Å². The number of ether oxygens (including phenoxy) is 3. The van der Waals surface area contributed by atoms with Crippen LogP contribution >= 0.6 is 0 Å². The van der Waals surface area contributed by atoms with Crippen LogP contribution in [0.3, 0.4) is 0 Å². The van der Waals surface area contributed by atoms with Gasteiger partial charge in [0.25, 0.3) is 0 Å². The third-order valence-corrected chi connectivity index (χ3v) is 5.58. The SMILES string of the molecule is C[C@@H]1[C@H]2[C@@H](O[C@@H]3O[C@H](CO)[C@@H](O)[C@H](O)[C@H]3O)OC=C(C(=O)O)[C@H]2C[C@@H]1O. The quantitative estimate of drug-likeness (QED) is 0.316. The Morgan fingerprint density at radius 1 is 1.19 bits per heavy atom. The van der Waals surface area contributed by atoms with E-state index in [1.54, 1.807) is 6.92 Å². The molecule has 0 radical (unpaired) electrons. The van der Waals surface area contributed by atoms with Crippen LogP contribution in [0.5, 0.6) is 0 Å². The summed E-state index contributed by atoms with van der Waals surface area (Å²) in [7, 11) is 0. The molecule has 10 nitrogen and oxygen atoms in total. The predicted octanol–water partition coefficient (Wildman–Crippen LogP) is -2.24. The summed E-state index contributed by atoms with van der Waals surface area (Å²) in [6.45, 7) is 1.15. The largest absolute Gasteiger partial charge is 0.478 e. The van der Waals surface area contributed by atoms with Crippen molar-refractivity contribution >= 4 is 5.97 Å². The second-order valence-corrected chi connectivity index (χ2v) is 7.06. The van der Waals surface area contributed by atoms with Gasteiger partial charge in [-0.25, -0.2) is 4.79 Å². The molecule has 2 fully saturated rings. The van der Waals surface area contributed by atoms with Crippen LogP contribution in [0, 0.1) is 17.8 Å². The van der Waals surface area contributed by atoms with Crippen molar-refractivity contribution in [3.05, 3.63) is 11.8 Å². The average Bonchev–Trinajstić information content (AvgIpc) is 2.90. The van der Waals surface area contributed by atoms with Gasteiger partial charge < -0.3 is 44.8 Å². The molecule has 1 aliphatic carbocycles. The topological polar surface area (TPSA) is 166 Å². The summed E-state index contributed by atoms with van der Waals surface area (Å²) in [6.07, 6.45) is -7.71. The summed E-state index contributed by atoms with van der Waals surface area (Å²) < 4.78 is 16.3. The first-order valence-electron chi connectivity index (χ1n) is 8.49. The highest BCUT2D eigenvalue weighted by molar-refractivity contribution is 5.87. The highest BCUT2D eigenvalue weighted by Gasteiger charge is 2.53. The first kappa shape index (κ1) is 19.5. The lowest BCUT2D eigenvalue weighted by molar-refractivity contribution is -0.342. The molecule has 10 heteroatoms. The zero-order valence-electron chi connectivity index (χ0n) is 14.1. The van der Waals surface area contributed by atoms with E-state index in [1.165, 1.54) is 0 Å². The summed E-state index contributed by atoms with van der Waals surface area (Å²) in [5.41, 5.74) is 0.0343. The van der Waals surface area contributed by atoms with E-state index in [2.05, 4.69) is 0 Å². The smallest absolute Gasteiger partial charge is 0.334 e. The molecule has 2 heterocycles. The number of hydrogen-bond donors (Lipinski definition) is 6. The Kier molecular flexibility index (Phi) is 5.54. The zero-order chi connectivity index (χ0) is 19.2. The van der Waals surface area contributed by atoms with E-state index >= 15 is 0 Å². The van der Waals surface area contributed by atoms with E-state index in [0.717, 1.165) is 6.26 Å². The Hall–Kier alpha value is -1.27. The summed E-state index contributed by atoms with van der Waals surface area (Å²) in [6, 6.07) is 0. The molecule has 0 amide bonds. The van der Waals surface area contributed by atoms with Crippen LogP contribution in [-0.2, 0) is 19.0 Å². The number of carboxylic acids is 1. The Morgan fingerprint density at radius 2 is 1.88 bits per heavy atom. The fourth-order valence-corrected chi connectivity index (χ4v) is 3.99. The van der Waals surface area contributed by atoms with Gasteiger partial charge in [0.2, 0.25) is 6.29 Å².